The number of aromatic hydroxyl groups is 1. The van der Waals surface area contributed by atoms with E-state index < -0.39 is 5.97 Å². The van der Waals surface area contributed by atoms with Gasteiger partial charge in [0.25, 0.3) is 0 Å². The van der Waals surface area contributed by atoms with E-state index >= 15 is 0 Å². The van der Waals surface area contributed by atoms with Crippen LogP contribution in [0.4, 0.5) is 0 Å². The molecule has 0 aliphatic rings. The van der Waals surface area contributed by atoms with E-state index in [0.29, 0.717) is 15.8 Å². The Morgan fingerprint density at radius 2 is 2.16 bits per heavy atom. The van der Waals surface area contributed by atoms with Gasteiger partial charge in [-0.25, -0.2) is 4.79 Å². The smallest absolute Gasteiger partial charge is 0.374 e. The van der Waals surface area contributed by atoms with E-state index in [1.165, 1.54) is 13.2 Å². The summed E-state index contributed by atoms with van der Waals surface area (Å²) >= 11 is 3.34. The lowest BCUT2D eigenvalue weighted by Crippen LogP contribution is -1.92. The van der Waals surface area contributed by atoms with Crippen molar-refractivity contribution in [2.45, 2.75) is 6.92 Å². The number of methoxy groups -OCH3 is 1. The highest BCUT2D eigenvalue weighted by Gasteiger charge is 2.20. The fourth-order valence-electron chi connectivity index (χ4n) is 1.66. The minimum Gasteiger partial charge on any atom is -0.504 e. The quantitative estimate of drug-likeness (QED) is 0.900. The van der Waals surface area contributed by atoms with Gasteiger partial charge in [-0.05, 0) is 13.0 Å². The maximum absolute atomic E-state index is 10.7. The third-order valence-corrected chi connectivity index (χ3v) is 3.46. The Hall–Kier alpha value is -2.02. The van der Waals surface area contributed by atoms with Crippen LogP contribution >= 0.6 is 15.9 Å². The molecule has 0 amide bonds. The minimum atomic E-state index is -1.23. The summed E-state index contributed by atoms with van der Waals surface area (Å²) < 4.78 is 10.5. The number of nitrogens with zero attached hydrogens (tertiary/aromatic N) is 1. The van der Waals surface area contributed by atoms with Crippen molar-refractivity contribution in [3.05, 3.63) is 27.9 Å². The van der Waals surface area contributed by atoms with Crippen LogP contribution in [0.5, 0.6) is 11.5 Å². The molecule has 1 aromatic carbocycles. The summed E-state index contributed by atoms with van der Waals surface area (Å²) in [5.41, 5.74) is 1.27. The van der Waals surface area contributed by atoms with E-state index in [2.05, 4.69) is 25.6 Å². The van der Waals surface area contributed by atoms with E-state index in [1.807, 2.05) is 0 Å². The molecule has 100 valence electrons. The van der Waals surface area contributed by atoms with Gasteiger partial charge in [-0.2, -0.15) is 0 Å². The molecule has 2 aromatic rings. The molecular weight excluding hydrogens is 318 g/mol. The topological polar surface area (TPSA) is 92.8 Å². The molecule has 1 heterocycles. The zero-order valence-electron chi connectivity index (χ0n) is 10.1. The average Bonchev–Trinajstić information content (AvgIpc) is 2.84. The number of aromatic carboxylic acids is 1. The largest absolute Gasteiger partial charge is 0.504 e. The van der Waals surface area contributed by atoms with Crippen LogP contribution in [-0.2, 0) is 0 Å². The number of hydrogen-bond acceptors (Lipinski definition) is 5. The molecule has 0 saturated carbocycles. The van der Waals surface area contributed by atoms with Crippen LogP contribution in [0.25, 0.3) is 11.3 Å². The molecule has 0 fully saturated rings. The lowest BCUT2D eigenvalue weighted by atomic mass is 10.1. The number of halogens is 1. The number of carboxylic acid groups (broad SMARTS) is 1. The first-order chi connectivity index (χ1) is 8.95. The van der Waals surface area contributed by atoms with Crippen molar-refractivity contribution >= 4 is 21.9 Å². The van der Waals surface area contributed by atoms with Gasteiger partial charge in [0.2, 0.25) is 5.76 Å². The van der Waals surface area contributed by atoms with Gasteiger partial charge in [-0.3, -0.25) is 0 Å². The van der Waals surface area contributed by atoms with Crippen LogP contribution in [0.2, 0.25) is 0 Å². The standard InChI is InChI=1S/C12H10BrNO5/c1-5-7(13)3-6(10(15)11(5)18-2)8-4-9(12(16)17)19-14-8/h3-4,15H,1-2H3,(H,16,17). The van der Waals surface area contributed by atoms with Gasteiger partial charge >= 0.3 is 5.97 Å². The van der Waals surface area contributed by atoms with Gasteiger partial charge in [-0.15, -0.1) is 0 Å². The summed E-state index contributed by atoms with van der Waals surface area (Å²) in [4.78, 5) is 10.7. The average molecular weight is 328 g/mol. The highest BCUT2D eigenvalue weighted by Crippen LogP contribution is 2.42. The van der Waals surface area contributed by atoms with E-state index in [-0.39, 0.29) is 17.2 Å². The van der Waals surface area contributed by atoms with E-state index in [0.717, 1.165) is 5.56 Å². The Kier molecular flexibility index (Phi) is 3.48. The van der Waals surface area contributed by atoms with Crippen molar-refractivity contribution in [2.75, 3.05) is 7.11 Å². The number of phenolic OH excluding ortho intramolecular Hbond substituents is 1. The van der Waals surface area contributed by atoms with E-state index in [4.69, 9.17) is 9.84 Å². The minimum absolute atomic E-state index is 0.117. The second-order valence-corrected chi connectivity index (χ2v) is 4.65. The fourth-order valence-corrected chi connectivity index (χ4v) is 2.07. The molecule has 2 rings (SSSR count). The van der Waals surface area contributed by atoms with Gasteiger partial charge in [0, 0.05) is 16.1 Å². The lowest BCUT2D eigenvalue weighted by molar-refractivity contribution is 0.0652. The Bertz CT molecular complexity index is 650. The number of hydrogen-bond donors (Lipinski definition) is 2. The number of carbonyl (C=O) groups is 1. The first-order valence-electron chi connectivity index (χ1n) is 5.22. The van der Waals surface area contributed by atoms with Gasteiger partial charge in [0.15, 0.2) is 11.5 Å². The van der Waals surface area contributed by atoms with Crippen molar-refractivity contribution in [3.63, 3.8) is 0 Å². The van der Waals surface area contributed by atoms with E-state index in [9.17, 15) is 9.90 Å². The Balaban J connectivity index is 2.61. The van der Waals surface area contributed by atoms with Gasteiger partial charge in [0.05, 0.1) is 12.7 Å². The molecule has 0 unspecified atom stereocenters. The highest BCUT2D eigenvalue weighted by molar-refractivity contribution is 9.10. The van der Waals surface area contributed by atoms with E-state index in [1.54, 1.807) is 13.0 Å². The summed E-state index contributed by atoms with van der Waals surface area (Å²) in [6, 6.07) is 2.86. The van der Waals surface area contributed by atoms with Crippen molar-refractivity contribution < 1.29 is 24.3 Å². The predicted octanol–water partition coefficient (Wildman–Crippen LogP) is 2.82. The first-order valence-corrected chi connectivity index (χ1v) is 6.01. The fraction of sp³-hybridized carbons (Fsp3) is 0.167. The number of rotatable bonds is 3. The molecular formula is C12H10BrNO5. The summed E-state index contributed by atoms with van der Waals surface area (Å²) in [6.45, 7) is 1.78. The van der Waals surface area contributed by atoms with Gasteiger partial charge in [0.1, 0.15) is 5.69 Å². The number of phenols is 1. The molecule has 0 aliphatic heterocycles. The first kappa shape index (κ1) is 13.4. The SMILES string of the molecule is COc1c(C)c(Br)cc(-c2cc(C(=O)O)on2)c1O. The van der Waals surface area contributed by atoms with Crippen molar-refractivity contribution in [1.29, 1.82) is 0 Å². The second-order valence-electron chi connectivity index (χ2n) is 3.79. The normalized spacial score (nSPS) is 10.5. The Morgan fingerprint density at radius 3 is 2.68 bits per heavy atom. The summed E-state index contributed by atoms with van der Waals surface area (Å²) in [5, 5.41) is 22.5. The molecule has 1 aromatic heterocycles. The third-order valence-electron chi connectivity index (χ3n) is 2.64. The molecule has 0 atom stereocenters. The van der Waals surface area contributed by atoms with Crippen LogP contribution in [-0.4, -0.2) is 28.4 Å². The van der Waals surface area contributed by atoms with Crippen molar-refractivity contribution in [1.82, 2.24) is 5.16 Å². The van der Waals surface area contributed by atoms with Gasteiger partial charge < -0.3 is 19.5 Å². The van der Waals surface area contributed by atoms with Crippen LogP contribution < -0.4 is 4.74 Å². The van der Waals surface area contributed by atoms with Crippen molar-refractivity contribution in [3.8, 4) is 22.8 Å². The maximum atomic E-state index is 10.7. The number of ether oxygens (including phenoxy) is 1. The number of carboxylic acids is 1. The number of aromatic nitrogens is 1. The predicted molar refractivity (Wildman–Crippen MR) is 69.6 cm³/mol. The van der Waals surface area contributed by atoms with Crippen LogP contribution in [0.1, 0.15) is 16.1 Å². The monoisotopic (exact) mass is 327 g/mol. The van der Waals surface area contributed by atoms with Crippen LogP contribution in [0.15, 0.2) is 21.1 Å². The van der Waals surface area contributed by atoms with Crippen molar-refractivity contribution in [2.24, 2.45) is 0 Å². The Morgan fingerprint density at radius 1 is 1.47 bits per heavy atom. The summed E-state index contributed by atoms with van der Waals surface area (Å²) in [6.07, 6.45) is 0. The third kappa shape index (κ3) is 2.28. The molecule has 0 aliphatic carbocycles. The molecule has 2 N–H and O–H groups in total. The second kappa shape index (κ2) is 4.93. The number of benzene rings is 1. The lowest BCUT2D eigenvalue weighted by Gasteiger charge is -2.11. The molecule has 0 saturated heterocycles. The maximum Gasteiger partial charge on any atom is 0.374 e. The summed E-state index contributed by atoms with van der Waals surface area (Å²) in [7, 11) is 1.43. The molecule has 0 spiro atoms. The zero-order chi connectivity index (χ0) is 14.2. The molecule has 6 nitrogen and oxygen atoms in total. The summed E-state index contributed by atoms with van der Waals surface area (Å²) in [5.74, 6) is -1.35. The Labute approximate surface area is 116 Å². The van der Waals surface area contributed by atoms with Crippen LogP contribution in [0.3, 0.4) is 0 Å². The molecule has 0 radical (unpaired) electrons. The highest BCUT2D eigenvalue weighted by atomic mass is 79.9. The molecule has 7 heteroatoms. The van der Waals surface area contributed by atoms with Gasteiger partial charge in [-0.1, -0.05) is 21.1 Å². The zero-order valence-corrected chi connectivity index (χ0v) is 11.7. The molecule has 19 heavy (non-hydrogen) atoms. The molecule has 0 bridgehead atoms. The van der Waals surface area contributed by atoms with Crippen LogP contribution in [0, 0.1) is 6.92 Å².